The second kappa shape index (κ2) is 4.91. The minimum Gasteiger partial charge on any atom is -0.508 e. The van der Waals surface area contributed by atoms with Crippen molar-refractivity contribution in [2.45, 2.75) is 77.7 Å². The van der Waals surface area contributed by atoms with Crippen molar-refractivity contribution >= 4 is 0 Å². The Hall–Kier alpha value is -1.18. The van der Waals surface area contributed by atoms with E-state index in [9.17, 15) is 5.11 Å². The zero-order valence-electron chi connectivity index (χ0n) is 15.0. The molecule has 4 rings (SSSR count). The van der Waals surface area contributed by atoms with Crippen LogP contribution in [0.2, 0.25) is 0 Å². The van der Waals surface area contributed by atoms with Gasteiger partial charge in [-0.1, -0.05) is 33.6 Å². The van der Waals surface area contributed by atoms with Crippen LogP contribution in [0.15, 0.2) is 12.1 Å². The molecule has 0 spiro atoms. The van der Waals surface area contributed by atoms with Gasteiger partial charge in [0.15, 0.2) is 0 Å². The molecule has 0 aromatic heterocycles. The van der Waals surface area contributed by atoms with E-state index >= 15 is 0 Å². The van der Waals surface area contributed by atoms with Crippen molar-refractivity contribution in [3.05, 3.63) is 23.3 Å². The summed E-state index contributed by atoms with van der Waals surface area (Å²) < 4.78 is 6.51. The molecule has 1 N–H and O–H groups in total. The molecule has 1 aliphatic heterocycles. The lowest BCUT2D eigenvalue weighted by molar-refractivity contribution is -0.121. The maximum Gasteiger partial charge on any atom is 0.127 e. The molecule has 126 valence electrons. The van der Waals surface area contributed by atoms with Crippen LogP contribution in [0.3, 0.4) is 0 Å². The van der Waals surface area contributed by atoms with Gasteiger partial charge in [0.1, 0.15) is 17.1 Å². The maximum absolute atomic E-state index is 10.7. The number of benzene rings is 1. The molecular formula is C21H30O2. The van der Waals surface area contributed by atoms with Crippen molar-refractivity contribution in [3.8, 4) is 11.5 Å². The topological polar surface area (TPSA) is 29.5 Å². The number of phenols is 1. The average Bonchev–Trinajstić information content (AvgIpc) is 2.81. The summed E-state index contributed by atoms with van der Waals surface area (Å²) in [7, 11) is 0. The van der Waals surface area contributed by atoms with Crippen LogP contribution in [0.5, 0.6) is 11.5 Å². The molecule has 3 aliphatic rings. The van der Waals surface area contributed by atoms with Gasteiger partial charge in [0.2, 0.25) is 0 Å². The molecule has 0 unspecified atom stereocenters. The average molecular weight is 314 g/mol. The molecule has 0 bridgehead atoms. The number of aryl methyl sites for hydroxylation is 1. The van der Waals surface area contributed by atoms with Gasteiger partial charge in [0.05, 0.1) is 0 Å². The van der Waals surface area contributed by atoms with Gasteiger partial charge < -0.3 is 9.84 Å². The molecule has 1 aromatic carbocycles. The van der Waals surface area contributed by atoms with Crippen molar-refractivity contribution < 1.29 is 9.84 Å². The SMILES string of the molecule is CCCCCc1cc(O)c2c(c1)O[C@]1(C)CC[C@H]3[C@@H]1[C@@H]2C3(C)C. The van der Waals surface area contributed by atoms with Crippen LogP contribution in [0, 0.1) is 17.3 Å². The van der Waals surface area contributed by atoms with E-state index in [1.165, 1.54) is 31.2 Å². The summed E-state index contributed by atoms with van der Waals surface area (Å²) in [4.78, 5) is 0. The molecule has 2 fully saturated rings. The van der Waals surface area contributed by atoms with E-state index in [1.54, 1.807) is 0 Å². The van der Waals surface area contributed by atoms with Crippen LogP contribution in [-0.2, 0) is 6.42 Å². The zero-order valence-corrected chi connectivity index (χ0v) is 15.0. The smallest absolute Gasteiger partial charge is 0.127 e. The Balaban J connectivity index is 1.73. The fraction of sp³-hybridized carbons (Fsp3) is 0.714. The largest absolute Gasteiger partial charge is 0.508 e. The minimum atomic E-state index is -0.0215. The molecule has 0 amide bonds. The molecule has 2 nitrogen and oxygen atoms in total. The third-order valence-corrected chi connectivity index (χ3v) is 7.11. The molecule has 2 aliphatic carbocycles. The van der Waals surface area contributed by atoms with E-state index < -0.39 is 0 Å². The number of fused-ring (bicyclic) bond motifs is 2. The Bertz CT molecular complexity index is 633. The second-order valence-corrected chi connectivity index (χ2v) is 8.87. The number of rotatable bonds is 4. The second-order valence-electron chi connectivity index (χ2n) is 8.87. The van der Waals surface area contributed by atoms with Gasteiger partial charge in [-0.25, -0.2) is 0 Å². The van der Waals surface area contributed by atoms with Gasteiger partial charge in [-0.05, 0) is 61.6 Å². The Morgan fingerprint density at radius 1 is 1.22 bits per heavy atom. The first-order chi connectivity index (χ1) is 10.9. The number of hydrogen-bond donors (Lipinski definition) is 1. The van der Waals surface area contributed by atoms with Crippen LogP contribution in [-0.4, -0.2) is 10.7 Å². The first kappa shape index (κ1) is 15.4. The van der Waals surface area contributed by atoms with E-state index in [4.69, 9.17) is 4.74 Å². The highest BCUT2D eigenvalue weighted by atomic mass is 16.5. The number of ether oxygens (including phenoxy) is 1. The summed E-state index contributed by atoms with van der Waals surface area (Å²) in [6.45, 7) is 9.29. The van der Waals surface area contributed by atoms with Crippen molar-refractivity contribution in [3.63, 3.8) is 0 Å². The maximum atomic E-state index is 10.7. The molecule has 2 saturated carbocycles. The Labute approximate surface area is 140 Å². The van der Waals surface area contributed by atoms with Crippen molar-refractivity contribution in [2.24, 2.45) is 17.3 Å². The predicted molar refractivity (Wildman–Crippen MR) is 93.1 cm³/mol. The molecule has 0 saturated heterocycles. The van der Waals surface area contributed by atoms with Crippen molar-refractivity contribution in [2.75, 3.05) is 0 Å². The summed E-state index contributed by atoms with van der Waals surface area (Å²) in [6, 6.07) is 4.22. The van der Waals surface area contributed by atoms with Crippen LogP contribution >= 0.6 is 0 Å². The lowest BCUT2D eigenvalue weighted by Gasteiger charge is -2.62. The van der Waals surface area contributed by atoms with Gasteiger partial charge in [0, 0.05) is 17.4 Å². The predicted octanol–water partition coefficient (Wildman–Crippen LogP) is 5.43. The highest BCUT2D eigenvalue weighted by molar-refractivity contribution is 5.55. The van der Waals surface area contributed by atoms with Crippen molar-refractivity contribution in [1.82, 2.24) is 0 Å². The first-order valence-corrected chi connectivity index (χ1v) is 9.43. The summed E-state index contributed by atoms with van der Waals surface area (Å²) in [5, 5.41) is 10.7. The zero-order chi connectivity index (χ0) is 16.4. The number of hydrogen-bond acceptors (Lipinski definition) is 2. The minimum absolute atomic E-state index is 0.0215. The lowest BCUT2D eigenvalue weighted by Crippen LogP contribution is -2.59. The molecule has 4 atom stereocenters. The highest BCUT2D eigenvalue weighted by Crippen LogP contribution is 2.74. The molecule has 1 aromatic rings. The van der Waals surface area contributed by atoms with E-state index in [0.717, 1.165) is 30.1 Å². The quantitative estimate of drug-likeness (QED) is 0.751. The number of aromatic hydroxyl groups is 1. The Morgan fingerprint density at radius 2 is 2.00 bits per heavy atom. The van der Waals surface area contributed by atoms with Crippen LogP contribution in [0.4, 0.5) is 0 Å². The highest BCUT2D eigenvalue weighted by Gasteiger charge is 2.69. The van der Waals surface area contributed by atoms with Gasteiger partial charge in [0.25, 0.3) is 0 Å². The standard InChI is InChI=1S/C21H30O2/c1-5-6-7-8-13-11-15(22)17-16(12-13)23-21(4)10-9-14-18(21)19(17)20(14,2)3/h11-12,14,18-19,22H,5-10H2,1-4H3/t14-,18+,19+,21+/m0/s1. The Kier molecular flexibility index (Phi) is 3.28. The van der Waals surface area contributed by atoms with Gasteiger partial charge >= 0.3 is 0 Å². The van der Waals surface area contributed by atoms with Gasteiger partial charge in [-0.3, -0.25) is 0 Å². The molecule has 0 radical (unpaired) electrons. The molecule has 1 heterocycles. The lowest BCUT2D eigenvalue weighted by atomic mass is 9.45. The first-order valence-electron chi connectivity index (χ1n) is 9.43. The third-order valence-electron chi connectivity index (χ3n) is 7.11. The number of phenolic OH excluding ortho intramolecular Hbond substituents is 1. The monoisotopic (exact) mass is 314 g/mol. The fourth-order valence-corrected chi connectivity index (χ4v) is 5.92. The van der Waals surface area contributed by atoms with E-state index in [-0.39, 0.29) is 11.0 Å². The van der Waals surface area contributed by atoms with Gasteiger partial charge in [-0.2, -0.15) is 0 Å². The van der Waals surface area contributed by atoms with Crippen molar-refractivity contribution in [1.29, 1.82) is 0 Å². The van der Waals surface area contributed by atoms with E-state index in [1.807, 2.05) is 6.07 Å². The summed E-state index contributed by atoms with van der Waals surface area (Å²) >= 11 is 0. The Morgan fingerprint density at radius 3 is 2.74 bits per heavy atom. The number of unbranched alkanes of at least 4 members (excludes halogenated alkanes) is 2. The van der Waals surface area contributed by atoms with Crippen LogP contribution in [0.1, 0.15) is 76.8 Å². The van der Waals surface area contributed by atoms with E-state index in [0.29, 0.717) is 17.6 Å². The summed E-state index contributed by atoms with van der Waals surface area (Å²) in [6.07, 6.45) is 7.12. The van der Waals surface area contributed by atoms with Gasteiger partial charge in [-0.15, -0.1) is 0 Å². The van der Waals surface area contributed by atoms with E-state index in [2.05, 4.69) is 33.8 Å². The molecule has 23 heavy (non-hydrogen) atoms. The third kappa shape index (κ3) is 1.99. The normalized spacial score (nSPS) is 35.9. The van der Waals surface area contributed by atoms with Crippen LogP contribution in [0.25, 0.3) is 0 Å². The van der Waals surface area contributed by atoms with Crippen LogP contribution < -0.4 is 4.74 Å². The summed E-state index contributed by atoms with van der Waals surface area (Å²) in [5.74, 6) is 3.22. The fourth-order valence-electron chi connectivity index (χ4n) is 5.92. The molecule has 2 heteroatoms. The summed E-state index contributed by atoms with van der Waals surface area (Å²) in [5.41, 5.74) is 2.58. The molecular weight excluding hydrogens is 284 g/mol.